The summed E-state index contributed by atoms with van der Waals surface area (Å²) in [7, 11) is 0. The lowest BCUT2D eigenvalue weighted by molar-refractivity contribution is -0.00128. The van der Waals surface area contributed by atoms with Gasteiger partial charge in [0.2, 0.25) is 0 Å². The predicted molar refractivity (Wildman–Crippen MR) is 36.2 cm³/mol. The summed E-state index contributed by atoms with van der Waals surface area (Å²) in [5, 5.41) is 0. The molecule has 0 aromatic rings. The molecule has 0 aromatic heterocycles. The van der Waals surface area contributed by atoms with Crippen LogP contribution in [0, 0.1) is 0 Å². The molecule has 0 spiro atoms. The topological polar surface area (TPSA) is 18.5 Å². The molecule has 1 unspecified atom stereocenters. The molecular weight excluding hydrogens is 136 g/mol. The number of thioether (sulfide) groups is 1. The van der Waals surface area contributed by atoms with E-state index < -0.39 is 0 Å². The van der Waals surface area contributed by atoms with Crippen LogP contribution in [0.1, 0.15) is 0 Å². The second-order valence-corrected chi connectivity index (χ2v) is 3.09. The molecule has 50 valence electrons. The third kappa shape index (κ3) is 0.946. The first kappa shape index (κ1) is 5.62. The van der Waals surface area contributed by atoms with Gasteiger partial charge in [-0.1, -0.05) is 0 Å². The fraction of sp³-hybridized carbons (Fsp3) is 0.667. The Labute approximate surface area is 58.2 Å². The molecule has 1 saturated heterocycles. The highest BCUT2D eigenvalue weighted by molar-refractivity contribution is 8.00. The van der Waals surface area contributed by atoms with Crippen LogP contribution in [0.5, 0.6) is 0 Å². The van der Waals surface area contributed by atoms with Crippen molar-refractivity contribution in [2.75, 3.05) is 19.0 Å². The van der Waals surface area contributed by atoms with E-state index in [1.54, 1.807) is 11.8 Å². The molecule has 3 heteroatoms. The monoisotopic (exact) mass is 144 g/mol. The Morgan fingerprint density at radius 2 is 2.56 bits per heavy atom. The third-order valence-corrected chi connectivity index (χ3v) is 2.42. The SMILES string of the molecule is C1=C2OCCOC2SC1. The molecule has 2 rings (SSSR count). The van der Waals surface area contributed by atoms with Gasteiger partial charge in [-0.2, -0.15) is 0 Å². The van der Waals surface area contributed by atoms with E-state index >= 15 is 0 Å². The molecule has 2 aliphatic heterocycles. The molecule has 0 N–H and O–H groups in total. The molecule has 1 atom stereocenters. The molecule has 1 fully saturated rings. The average Bonchev–Trinajstić information content (AvgIpc) is 2.33. The van der Waals surface area contributed by atoms with Gasteiger partial charge < -0.3 is 9.47 Å². The zero-order valence-electron chi connectivity index (χ0n) is 5.00. The van der Waals surface area contributed by atoms with E-state index in [0.29, 0.717) is 0 Å². The summed E-state index contributed by atoms with van der Waals surface area (Å²) in [5.74, 6) is 2.08. The van der Waals surface area contributed by atoms with Crippen LogP contribution in [0.25, 0.3) is 0 Å². The number of hydrogen-bond donors (Lipinski definition) is 0. The van der Waals surface area contributed by atoms with Crippen LogP contribution >= 0.6 is 11.8 Å². The smallest absolute Gasteiger partial charge is 0.160 e. The van der Waals surface area contributed by atoms with Crippen molar-refractivity contribution in [1.29, 1.82) is 0 Å². The lowest BCUT2D eigenvalue weighted by Gasteiger charge is -2.21. The second kappa shape index (κ2) is 2.23. The van der Waals surface area contributed by atoms with Crippen LogP contribution in [0.4, 0.5) is 0 Å². The highest BCUT2D eigenvalue weighted by atomic mass is 32.2. The molecule has 0 bridgehead atoms. The largest absolute Gasteiger partial charge is 0.492 e. The fourth-order valence-electron chi connectivity index (χ4n) is 0.968. The standard InChI is InChI=1S/C6H8O2S/c1-4-9-6-5(1)7-2-3-8-6/h1,6H,2-4H2. The molecule has 0 amide bonds. The van der Waals surface area contributed by atoms with Gasteiger partial charge in [0.15, 0.2) is 5.44 Å². The fourth-order valence-corrected chi connectivity index (χ4v) is 1.92. The van der Waals surface area contributed by atoms with E-state index in [1.807, 2.05) is 0 Å². The Morgan fingerprint density at radius 3 is 3.44 bits per heavy atom. The van der Waals surface area contributed by atoms with Gasteiger partial charge in [0.1, 0.15) is 12.4 Å². The zero-order chi connectivity index (χ0) is 6.10. The van der Waals surface area contributed by atoms with E-state index in [4.69, 9.17) is 9.47 Å². The highest BCUT2D eigenvalue weighted by Crippen LogP contribution is 2.30. The summed E-state index contributed by atoms with van der Waals surface area (Å²) in [6, 6.07) is 0. The highest BCUT2D eigenvalue weighted by Gasteiger charge is 2.24. The van der Waals surface area contributed by atoms with Crippen molar-refractivity contribution in [2.45, 2.75) is 5.44 Å². The van der Waals surface area contributed by atoms with Crippen LogP contribution in [0.2, 0.25) is 0 Å². The molecule has 2 aliphatic rings. The Balaban J connectivity index is 2.09. The van der Waals surface area contributed by atoms with Crippen molar-refractivity contribution in [3.8, 4) is 0 Å². The van der Waals surface area contributed by atoms with Gasteiger partial charge in [0.05, 0.1) is 6.61 Å². The Kier molecular flexibility index (Phi) is 1.39. The van der Waals surface area contributed by atoms with Crippen molar-refractivity contribution in [2.24, 2.45) is 0 Å². The van der Waals surface area contributed by atoms with Gasteiger partial charge in [-0.15, -0.1) is 11.8 Å². The van der Waals surface area contributed by atoms with Crippen molar-refractivity contribution in [1.82, 2.24) is 0 Å². The van der Waals surface area contributed by atoms with Crippen LogP contribution in [0.3, 0.4) is 0 Å². The summed E-state index contributed by atoms with van der Waals surface area (Å²) >= 11 is 1.79. The minimum absolute atomic E-state index is 0.221. The summed E-state index contributed by atoms with van der Waals surface area (Å²) in [4.78, 5) is 0. The van der Waals surface area contributed by atoms with Gasteiger partial charge >= 0.3 is 0 Å². The van der Waals surface area contributed by atoms with Gasteiger partial charge in [0, 0.05) is 5.75 Å². The lowest BCUT2D eigenvalue weighted by atomic mass is 10.4. The van der Waals surface area contributed by atoms with E-state index in [1.165, 1.54) is 0 Å². The first-order valence-electron chi connectivity index (χ1n) is 3.03. The molecule has 2 heterocycles. The molecule has 0 aliphatic carbocycles. The summed E-state index contributed by atoms with van der Waals surface area (Å²) in [6.45, 7) is 1.47. The maximum absolute atomic E-state index is 5.37. The molecule has 2 nitrogen and oxygen atoms in total. The second-order valence-electron chi connectivity index (χ2n) is 1.99. The van der Waals surface area contributed by atoms with E-state index in [-0.39, 0.29) is 5.44 Å². The molecular formula is C6H8O2S. The van der Waals surface area contributed by atoms with Gasteiger partial charge in [-0.3, -0.25) is 0 Å². The summed E-state index contributed by atoms with van der Waals surface area (Å²) in [6.07, 6.45) is 2.09. The maximum atomic E-state index is 5.37. The minimum atomic E-state index is 0.221. The van der Waals surface area contributed by atoms with Crippen molar-refractivity contribution in [3.63, 3.8) is 0 Å². The molecule has 0 saturated carbocycles. The maximum Gasteiger partial charge on any atom is 0.160 e. The zero-order valence-corrected chi connectivity index (χ0v) is 5.82. The molecule has 0 aromatic carbocycles. The predicted octanol–water partition coefficient (Wildman–Crippen LogP) is 0.990. The quantitative estimate of drug-likeness (QED) is 0.505. The van der Waals surface area contributed by atoms with Crippen LogP contribution in [-0.4, -0.2) is 24.4 Å². The minimum Gasteiger partial charge on any atom is -0.492 e. The average molecular weight is 144 g/mol. The van der Waals surface area contributed by atoms with Crippen molar-refractivity contribution in [3.05, 3.63) is 11.8 Å². The van der Waals surface area contributed by atoms with Crippen LogP contribution in [0.15, 0.2) is 11.8 Å². The Morgan fingerprint density at radius 1 is 1.56 bits per heavy atom. The van der Waals surface area contributed by atoms with Crippen molar-refractivity contribution >= 4 is 11.8 Å². The summed E-state index contributed by atoms with van der Waals surface area (Å²) in [5.41, 5.74) is 0.221. The summed E-state index contributed by atoms with van der Waals surface area (Å²) < 4.78 is 10.7. The molecule has 0 radical (unpaired) electrons. The normalized spacial score (nSPS) is 32.9. The molecule has 9 heavy (non-hydrogen) atoms. The Bertz CT molecular complexity index is 144. The first-order chi connectivity index (χ1) is 4.47. The number of hydrogen-bond acceptors (Lipinski definition) is 3. The lowest BCUT2D eigenvalue weighted by Crippen LogP contribution is -2.21. The van der Waals surface area contributed by atoms with E-state index in [0.717, 1.165) is 24.7 Å². The number of ether oxygens (including phenoxy) is 2. The Hall–Kier alpha value is -0.150. The first-order valence-corrected chi connectivity index (χ1v) is 4.08. The number of rotatable bonds is 0. The van der Waals surface area contributed by atoms with Crippen LogP contribution in [-0.2, 0) is 9.47 Å². The van der Waals surface area contributed by atoms with Gasteiger partial charge in [-0.25, -0.2) is 0 Å². The van der Waals surface area contributed by atoms with E-state index in [2.05, 4.69) is 6.08 Å². The van der Waals surface area contributed by atoms with E-state index in [9.17, 15) is 0 Å². The van der Waals surface area contributed by atoms with Crippen molar-refractivity contribution < 1.29 is 9.47 Å². The van der Waals surface area contributed by atoms with Crippen LogP contribution < -0.4 is 0 Å². The third-order valence-electron chi connectivity index (χ3n) is 1.39. The van der Waals surface area contributed by atoms with Gasteiger partial charge in [0.25, 0.3) is 0 Å². The number of fused-ring (bicyclic) bond motifs is 1. The van der Waals surface area contributed by atoms with Gasteiger partial charge in [-0.05, 0) is 6.08 Å².